The van der Waals surface area contributed by atoms with Gasteiger partial charge in [0, 0.05) is 0 Å². The highest BCUT2D eigenvalue weighted by Crippen LogP contribution is 2.22. The standard InChI is InChI=1S/C17H15NO4S/c1-2-23(20,21)16-9-5-14(6-10-16)17(12-19)22-15-7-3-13(11-18)4-8-15/h3-10,12,17H,2H2,1H3. The van der Waals surface area contributed by atoms with Crippen molar-refractivity contribution in [3.05, 3.63) is 59.7 Å². The van der Waals surface area contributed by atoms with Crippen molar-refractivity contribution in [1.82, 2.24) is 0 Å². The zero-order valence-electron chi connectivity index (χ0n) is 12.5. The normalized spacial score (nSPS) is 12.2. The lowest BCUT2D eigenvalue weighted by Crippen LogP contribution is -2.10. The molecule has 0 aromatic heterocycles. The van der Waals surface area contributed by atoms with Crippen molar-refractivity contribution in [2.45, 2.75) is 17.9 Å². The van der Waals surface area contributed by atoms with Crippen molar-refractivity contribution >= 4 is 16.1 Å². The van der Waals surface area contributed by atoms with Crippen LogP contribution in [0.3, 0.4) is 0 Å². The highest BCUT2D eigenvalue weighted by atomic mass is 32.2. The van der Waals surface area contributed by atoms with E-state index in [0.717, 1.165) is 0 Å². The van der Waals surface area contributed by atoms with Gasteiger partial charge in [0.1, 0.15) is 5.75 Å². The first-order chi connectivity index (χ1) is 11.0. The van der Waals surface area contributed by atoms with Crippen LogP contribution in [-0.4, -0.2) is 20.5 Å². The molecule has 0 radical (unpaired) electrons. The van der Waals surface area contributed by atoms with Crippen molar-refractivity contribution in [2.75, 3.05) is 5.75 Å². The van der Waals surface area contributed by atoms with E-state index in [-0.39, 0.29) is 10.6 Å². The third-order valence-corrected chi connectivity index (χ3v) is 5.07. The van der Waals surface area contributed by atoms with E-state index in [9.17, 15) is 13.2 Å². The Morgan fingerprint density at radius 3 is 2.22 bits per heavy atom. The molecule has 2 aromatic carbocycles. The molecule has 0 saturated heterocycles. The summed E-state index contributed by atoms with van der Waals surface area (Å²) in [6.45, 7) is 1.57. The van der Waals surface area contributed by atoms with Gasteiger partial charge in [-0.05, 0) is 42.0 Å². The predicted octanol–water partition coefficient (Wildman–Crippen LogP) is 2.67. The molecule has 23 heavy (non-hydrogen) atoms. The van der Waals surface area contributed by atoms with E-state index < -0.39 is 15.9 Å². The summed E-state index contributed by atoms with van der Waals surface area (Å²) < 4.78 is 29.1. The lowest BCUT2D eigenvalue weighted by atomic mass is 10.1. The number of nitriles is 1. The lowest BCUT2D eigenvalue weighted by Gasteiger charge is -2.14. The molecule has 0 aliphatic carbocycles. The number of sulfone groups is 1. The molecule has 118 valence electrons. The van der Waals surface area contributed by atoms with Crippen LogP contribution in [0.4, 0.5) is 0 Å². The minimum absolute atomic E-state index is 0.0190. The number of rotatable bonds is 6. The number of ether oxygens (including phenoxy) is 1. The zero-order valence-corrected chi connectivity index (χ0v) is 13.3. The molecular formula is C17H15NO4S. The molecule has 0 fully saturated rings. The molecule has 0 spiro atoms. The van der Waals surface area contributed by atoms with Gasteiger partial charge in [-0.2, -0.15) is 5.26 Å². The summed E-state index contributed by atoms with van der Waals surface area (Å²) in [5, 5.41) is 8.75. The fourth-order valence-electron chi connectivity index (χ4n) is 1.96. The third-order valence-electron chi connectivity index (χ3n) is 3.32. The molecule has 0 heterocycles. The summed E-state index contributed by atoms with van der Waals surface area (Å²) in [6.07, 6.45) is -0.206. The van der Waals surface area contributed by atoms with Gasteiger partial charge in [0.15, 0.2) is 22.2 Å². The predicted molar refractivity (Wildman–Crippen MR) is 84.8 cm³/mol. The van der Waals surface area contributed by atoms with E-state index in [2.05, 4.69) is 0 Å². The molecule has 0 N–H and O–H groups in total. The first-order valence-corrected chi connectivity index (χ1v) is 8.60. The van der Waals surface area contributed by atoms with Crippen LogP contribution in [0.1, 0.15) is 24.2 Å². The monoisotopic (exact) mass is 329 g/mol. The molecule has 0 aliphatic rings. The van der Waals surface area contributed by atoms with Crippen LogP contribution in [0.25, 0.3) is 0 Å². The minimum atomic E-state index is -3.27. The highest BCUT2D eigenvalue weighted by Gasteiger charge is 2.15. The van der Waals surface area contributed by atoms with Gasteiger partial charge >= 0.3 is 0 Å². The molecule has 2 rings (SSSR count). The second kappa shape index (κ2) is 7.07. The second-order valence-corrected chi connectivity index (χ2v) is 7.06. The number of hydrogen-bond acceptors (Lipinski definition) is 5. The molecular weight excluding hydrogens is 314 g/mol. The van der Waals surface area contributed by atoms with Crippen molar-refractivity contribution in [3.8, 4) is 11.8 Å². The zero-order chi connectivity index (χ0) is 16.9. The molecule has 6 heteroatoms. The van der Waals surface area contributed by atoms with Crippen molar-refractivity contribution in [3.63, 3.8) is 0 Å². The largest absolute Gasteiger partial charge is 0.478 e. The van der Waals surface area contributed by atoms with Crippen LogP contribution in [0.2, 0.25) is 0 Å². The SMILES string of the molecule is CCS(=O)(=O)c1ccc(C(C=O)Oc2ccc(C#N)cc2)cc1. The first kappa shape index (κ1) is 16.7. The first-order valence-electron chi connectivity index (χ1n) is 6.95. The lowest BCUT2D eigenvalue weighted by molar-refractivity contribution is -0.113. The van der Waals surface area contributed by atoms with E-state index in [4.69, 9.17) is 10.00 Å². The van der Waals surface area contributed by atoms with E-state index in [1.54, 1.807) is 43.3 Å². The van der Waals surface area contributed by atoms with Gasteiger partial charge in [0.2, 0.25) is 0 Å². The second-order valence-electron chi connectivity index (χ2n) is 4.78. The summed E-state index contributed by atoms with van der Waals surface area (Å²) >= 11 is 0. The number of nitrogens with zero attached hydrogens (tertiary/aromatic N) is 1. The molecule has 5 nitrogen and oxygen atoms in total. The van der Waals surface area contributed by atoms with Crippen LogP contribution in [-0.2, 0) is 14.6 Å². The van der Waals surface area contributed by atoms with Crippen LogP contribution >= 0.6 is 0 Å². The van der Waals surface area contributed by atoms with Crippen molar-refractivity contribution in [2.24, 2.45) is 0 Å². The summed E-state index contributed by atoms with van der Waals surface area (Å²) in [6, 6.07) is 14.4. The average molecular weight is 329 g/mol. The number of carbonyl (C=O) groups is 1. The fourth-order valence-corrected chi connectivity index (χ4v) is 2.84. The van der Waals surface area contributed by atoms with Gasteiger partial charge in [0.25, 0.3) is 0 Å². The Morgan fingerprint density at radius 1 is 1.13 bits per heavy atom. The number of hydrogen-bond donors (Lipinski definition) is 0. The van der Waals surface area contributed by atoms with Crippen molar-refractivity contribution in [1.29, 1.82) is 5.26 Å². The van der Waals surface area contributed by atoms with Crippen molar-refractivity contribution < 1.29 is 17.9 Å². The van der Waals surface area contributed by atoms with Gasteiger partial charge in [-0.1, -0.05) is 19.1 Å². The quantitative estimate of drug-likeness (QED) is 0.761. The third kappa shape index (κ3) is 3.96. The Hall–Kier alpha value is -2.65. The average Bonchev–Trinajstić information content (AvgIpc) is 2.60. The fraction of sp³-hybridized carbons (Fsp3) is 0.176. The Balaban J connectivity index is 2.20. The van der Waals surface area contributed by atoms with E-state index in [1.807, 2.05) is 6.07 Å². The van der Waals surface area contributed by atoms with Gasteiger partial charge < -0.3 is 4.74 Å². The van der Waals surface area contributed by atoms with E-state index in [1.165, 1.54) is 12.1 Å². The Bertz CT molecular complexity index is 818. The van der Waals surface area contributed by atoms with Crippen LogP contribution in [0, 0.1) is 11.3 Å². The van der Waals surface area contributed by atoms with Gasteiger partial charge in [0.05, 0.1) is 22.3 Å². The smallest absolute Gasteiger partial charge is 0.179 e. The molecule has 0 amide bonds. The van der Waals surface area contributed by atoms with Crippen LogP contribution in [0.15, 0.2) is 53.4 Å². The molecule has 2 aromatic rings. The topological polar surface area (TPSA) is 84.2 Å². The number of benzene rings is 2. The molecule has 1 unspecified atom stereocenters. The summed E-state index contributed by atoms with van der Waals surface area (Å²) in [7, 11) is -3.27. The number of aldehydes is 1. The Labute approximate surface area is 135 Å². The Morgan fingerprint density at radius 2 is 1.74 bits per heavy atom. The summed E-state index contributed by atoms with van der Waals surface area (Å²) in [5.41, 5.74) is 1.05. The number of carbonyl (C=O) groups excluding carboxylic acids is 1. The van der Waals surface area contributed by atoms with Crippen LogP contribution < -0.4 is 4.74 Å². The molecule has 0 saturated carbocycles. The highest BCUT2D eigenvalue weighted by molar-refractivity contribution is 7.91. The van der Waals surface area contributed by atoms with E-state index >= 15 is 0 Å². The molecule has 0 bridgehead atoms. The van der Waals surface area contributed by atoms with E-state index in [0.29, 0.717) is 23.2 Å². The summed E-state index contributed by atoms with van der Waals surface area (Å²) in [4.78, 5) is 11.5. The van der Waals surface area contributed by atoms with Gasteiger partial charge in [-0.15, -0.1) is 0 Å². The Kier molecular flexibility index (Phi) is 5.14. The molecule has 1 atom stereocenters. The van der Waals surface area contributed by atoms with Crippen LogP contribution in [0.5, 0.6) is 5.75 Å². The maximum Gasteiger partial charge on any atom is 0.179 e. The maximum atomic E-state index is 11.8. The van der Waals surface area contributed by atoms with Gasteiger partial charge in [-0.3, -0.25) is 4.79 Å². The minimum Gasteiger partial charge on any atom is -0.478 e. The van der Waals surface area contributed by atoms with Gasteiger partial charge in [-0.25, -0.2) is 8.42 Å². The maximum absolute atomic E-state index is 11.8. The molecule has 0 aliphatic heterocycles. The summed E-state index contributed by atoms with van der Waals surface area (Å²) in [5.74, 6) is 0.469.